The van der Waals surface area contributed by atoms with Gasteiger partial charge in [-0.1, -0.05) is 24.3 Å². The monoisotopic (exact) mass is 410 g/mol. The second kappa shape index (κ2) is 7.17. The normalized spacial score (nSPS) is 19.8. The highest BCUT2D eigenvalue weighted by atomic mass is 32.2. The van der Waals surface area contributed by atoms with Crippen LogP contribution in [0.2, 0.25) is 0 Å². The first kappa shape index (κ1) is 18.7. The molecular formula is C23H26N2O3S. The molecule has 0 aromatic heterocycles. The number of amides is 1. The van der Waals surface area contributed by atoms with Crippen molar-refractivity contribution < 1.29 is 13.2 Å². The predicted molar refractivity (Wildman–Crippen MR) is 115 cm³/mol. The molecule has 0 fully saturated rings. The largest absolute Gasteiger partial charge is 0.384 e. The van der Waals surface area contributed by atoms with Gasteiger partial charge in [0.2, 0.25) is 5.91 Å². The van der Waals surface area contributed by atoms with Crippen molar-refractivity contribution in [1.29, 1.82) is 0 Å². The molecule has 3 aliphatic rings. The van der Waals surface area contributed by atoms with Crippen LogP contribution >= 0.6 is 0 Å². The van der Waals surface area contributed by atoms with Gasteiger partial charge in [-0.15, -0.1) is 0 Å². The zero-order chi connectivity index (χ0) is 20.0. The van der Waals surface area contributed by atoms with Gasteiger partial charge in [0.1, 0.15) is 5.75 Å². The van der Waals surface area contributed by atoms with Crippen molar-refractivity contribution in [3.8, 4) is 0 Å². The number of para-hydroxylation sites is 1. The lowest BCUT2D eigenvalue weighted by Crippen LogP contribution is -2.39. The number of nitrogens with one attached hydrogen (secondary N) is 2. The summed E-state index contributed by atoms with van der Waals surface area (Å²) < 4.78 is 25.9. The second-order valence-electron chi connectivity index (χ2n) is 8.45. The van der Waals surface area contributed by atoms with Gasteiger partial charge in [-0.3, -0.25) is 4.79 Å². The third-order valence-corrected chi connectivity index (χ3v) is 8.58. The smallest absolute Gasteiger partial charge is 0.239 e. The summed E-state index contributed by atoms with van der Waals surface area (Å²) >= 11 is 0. The molecule has 29 heavy (non-hydrogen) atoms. The SMILES string of the molecule is O=C(CS(=O)(=O)C1CNc2ccccc2C1)Nc1c2c(cc3c1CCC3)CCC2. The van der Waals surface area contributed by atoms with Crippen molar-refractivity contribution in [1.82, 2.24) is 0 Å². The van der Waals surface area contributed by atoms with E-state index in [1.807, 2.05) is 24.3 Å². The summed E-state index contributed by atoms with van der Waals surface area (Å²) in [5, 5.41) is 5.64. The van der Waals surface area contributed by atoms with Crippen LogP contribution in [0.5, 0.6) is 0 Å². The molecule has 2 aromatic rings. The van der Waals surface area contributed by atoms with Crippen LogP contribution in [0.15, 0.2) is 30.3 Å². The number of rotatable bonds is 4. The van der Waals surface area contributed by atoms with E-state index in [0.29, 0.717) is 13.0 Å². The molecular weight excluding hydrogens is 384 g/mol. The van der Waals surface area contributed by atoms with Crippen LogP contribution in [-0.2, 0) is 46.7 Å². The molecule has 5 nitrogen and oxygen atoms in total. The fourth-order valence-electron chi connectivity index (χ4n) is 5.11. The van der Waals surface area contributed by atoms with Crippen molar-refractivity contribution in [3.63, 3.8) is 0 Å². The van der Waals surface area contributed by atoms with E-state index in [0.717, 1.165) is 55.5 Å². The first-order valence-electron chi connectivity index (χ1n) is 10.5. The number of aryl methyl sites for hydroxylation is 2. The number of hydrogen-bond acceptors (Lipinski definition) is 4. The number of sulfone groups is 1. The Hall–Kier alpha value is -2.34. The van der Waals surface area contributed by atoms with Crippen LogP contribution in [0.25, 0.3) is 0 Å². The Morgan fingerprint density at radius 1 is 1.00 bits per heavy atom. The Morgan fingerprint density at radius 3 is 2.41 bits per heavy atom. The average Bonchev–Trinajstić information content (AvgIpc) is 3.36. The van der Waals surface area contributed by atoms with E-state index in [1.165, 1.54) is 22.3 Å². The Morgan fingerprint density at radius 2 is 1.69 bits per heavy atom. The number of anilines is 2. The molecule has 152 valence electrons. The minimum absolute atomic E-state index is 0.350. The maximum atomic E-state index is 13.0. The Labute approximate surface area is 171 Å². The highest BCUT2D eigenvalue weighted by molar-refractivity contribution is 7.92. The number of hydrogen-bond donors (Lipinski definition) is 2. The first-order chi connectivity index (χ1) is 14.0. The highest BCUT2D eigenvalue weighted by Gasteiger charge is 2.32. The van der Waals surface area contributed by atoms with Crippen LogP contribution in [0.4, 0.5) is 11.4 Å². The fraction of sp³-hybridized carbons (Fsp3) is 0.435. The second-order valence-corrected chi connectivity index (χ2v) is 10.7. The zero-order valence-corrected chi connectivity index (χ0v) is 17.3. The third-order valence-electron chi connectivity index (χ3n) is 6.56. The number of carbonyl (C=O) groups excluding carboxylic acids is 1. The lowest BCUT2D eigenvalue weighted by molar-refractivity contribution is -0.113. The predicted octanol–water partition coefficient (Wildman–Crippen LogP) is 3.05. The highest BCUT2D eigenvalue weighted by Crippen LogP contribution is 2.38. The van der Waals surface area contributed by atoms with E-state index >= 15 is 0 Å². The quantitative estimate of drug-likeness (QED) is 0.812. The average molecular weight is 411 g/mol. The van der Waals surface area contributed by atoms with Crippen molar-refractivity contribution in [3.05, 3.63) is 58.1 Å². The summed E-state index contributed by atoms with van der Waals surface area (Å²) in [6.07, 6.45) is 6.70. The lowest BCUT2D eigenvalue weighted by atomic mass is 9.98. The summed E-state index contributed by atoms with van der Waals surface area (Å²) in [5.41, 5.74) is 8.01. The number of carbonyl (C=O) groups is 1. The van der Waals surface area contributed by atoms with E-state index in [9.17, 15) is 13.2 Å². The standard InChI is InChI=1S/C23H26N2O3S/c26-22(14-29(27,28)18-12-17-5-1-2-10-21(17)24-13-18)25-23-19-8-3-6-15(19)11-16-7-4-9-20(16)23/h1-2,5,10-11,18,24H,3-4,6-9,12-14H2,(H,25,26). The van der Waals surface area contributed by atoms with Crippen LogP contribution in [-0.4, -0.2) is 31.9 Å². The van der Waals surface area contributed by atoms with E-state index in [4.69, 9.17) is 0 Å². The van der Waals surface area contributed by atoms with Crippen LogP contribution in [0.3, 0.4) is 0 Å². The minimum Gasteiger partial charge on any atom is -0.384 e. The Kier molecular flexibility index (Phi) is 4.62. The molecule has 1 aliphatic heterocycles. The van der Waals surface area contributed by atoms with E-state index in [-0.39, 0.29) is 0 Å². The first-order valence-corrected chi connectivity index (χ1v) is 12.2. The molecule has 0 bridgehead atoms. The van der Waals surface area contributed by atoms with Gasteiger partial charge in [-0.05, 0) is 78.8 Å². The lowest BCUT2D eigenvalue weighted by Gasteiger charge is -2.26. The topological polar surface area (TPSA) is 75.3 Å². The molecule has 1 amide bonds. The van der Waals surface area contributed by atoms with Crippen LogP contribution < -0.4 is 10.6 Å². The molecule has 1 heterocycles. The molecule has 0 radical (unpaired) electrons. The number of fused-ring (bicyclic) bond motifs is 3. The minimum atomic E-state index is -3.55. The van der Waals surface area contributed by atoms with Gasteiger partial charge in [0.15, 0.2) is 9.84 Å². The van der Waals surface area contributed by atoms with Crippen molar-refractivity contribution in [2.45, 2.75) is 50.2 Å². The Bertz CT molecular complexity index is 1060. The summed E-state index contributed by atoms with van der Waals surface area (Å²) in [6, 6.07) is 10.1. The number of benzene rings is 2. The van der Waals surface area contributed by atoms with Gasteiger partial charge in [-0.25, -0.2) is 8.42 Å². The molecule has 0 saturated heterocycles. The van der Waals surface area contributed by atoms with Gasteiger partial charge >= 0.3 is 0 Å². The molecule has 0 saturated carbocycles. The zero-order valence-electron chi connectivity index (χ0n) is 16.5. The van der Waals surface area contributed by atoms with Gasteiger partial charge < -0.3 is 10.6 Å². The molecule has 1 atom stereocenters. The van der Waals surface area contributed by atoms with Gasteiger partial charge in [-0.2, -0.15) is 0 Å². The summed E-state index contributed by atoms with van der Waals surface area (Å²) in [6.45, 7) is 0.350. The summed E-state index contributed by atoms with van der Waals surface area (Å²) in [7, 11) is -3.55. The van der Waals surface area contributed by atoms with Crippen molar-refractivity contribution in [2.24, 2.45) is 0 Å². The van der Waals surface area contributed by atoms with E-state index in [1.54, 1.807) is 0 Å². The molecule has 1 unspecified atom stereocenters. The molecule has 2 aromatic carbocycles. The Balaban J connectivity index is 1.34. The molecule has 2 N–H and O–H groups in total. The molecule has 6 heteroatoms. The maximum Gasteiger partial charge on any atom is 0.239 e. The van der Waals surface area contributed by atoms with Crippen LogP contribution in [0.1, 0.15) is 40.7 Å². The van der Waals surface area contributed by atoms with Gasteiger partial charge in [0.25, 0.3) is 0 Å². The summed E-state index contributed by atoms with van der Waals surface area (Å²) in [4.78, 5) is 12.8. The van der Waals surface area contributed by atoms with Crippen molar-refractivity contribution in [2.75, 3.05) is 22.9 Å². The maximum absolute atomic E-state index is 13.0. The molecule has 5 rings (SSSR count). The van der Waals surface area contributed by atoms with Crippen molar-refractivity contribution >= 4 is 27.1 Å². The molecule has 0 spiro atoms. The van der Waals surface area contributed by atoms with E-state index in [2.05, 4.69) is 16.7 Å². The summed E-state index contributed by atoms with van der Waals surface area (Å²) in [5.74, 6) is -0.863. The molecule has 2 aliphatic carbocycles. The van der Waals surface area contributed by atoms with E-state index < -0.39 is 26.7 Å². The third kappa shape index (κ3) is 3.44. The van der Waals surface area contributed by atoms with Gasteiger partial charge in [0.05, 0.1) is 5.25 Å². The fourth-order valence-corrected chi connectivity index (χ4v) is 6.55. The van der Waals surface area contributed by atoms with Gasteiger partial charge in [0, 0.05) is 17.9 Å². The van der Waals surface area contributed by atoms with Crippen LogP contribution in [0, 0.1) is 0 Å².